The number of carbonyl (C=O) groups is 2. The van der Waals surface area contributed by atoms with E-state index < -0.39 is 11.9 Å². The molecule has 0 spiro atoms. The second kappa shape index (κ2) is 8.41. The van der Waals surface area contributed by atoms with Gasteiger partial charge < -0.3 is 20.1 Å². The number of ether oxygens (including phenoxy) is 2. The molecule has 9 heteroatoms. The van der Waals surface area contributed by atoms with E-state index in [-0.39, 0.29) is 10.7 Å². The number of carbonyl (C=O) groups excluding carboxylic acids is 2. The van der Waals surface area contributed by atoms with Gasteiger partial charge in [0.05, 0.1) is 19.8 Å². The molecule has 0 amide bonds. The molecule has 2 N–H and O–H groups in total. The van der Waals surface area contributed by atoms with Gasteiger partial charge in [-0.05, 0) is 42.9 Å². The lowest BCUT2D eigenvalue weighted by atomic mass is 10.1. The van der Waals surface area contributed by atoms with Gasteiger partial charge in [0.15, 0.2) is 5.11 Å². The summed E-state index contributed by atoms with van der Waals surface area (Å²) in [5.41, 5.74) is 1.51. The number of nitrogens with one attached hydrogen (secondary N) is 2. The smallest absolute Gasteiger partial charge is 0.348 e. The lowest BCUT2D eigenvalue weighted by Gasteiger charge is -2.11. The van der Waals surface area contributed by atoms with Crippen molar-refractivity contribution in [1.82, 2.24) is 0 Å². The van der Waals surface area contributed by atoms with Gasteiger partial charge in [0.25, 0.3) is 0 Å². The van der Waals surface area contributed by atoms with Crippen LogP contribution in [0.1, 0.15) is 25.6 Å². The predicted octanol–water partition coefficient (Wildman–Crippen LogP) is 4.20. The Balaban J connectivity index is 2.29. The summed E-state index contributed by atoms with van der Waals surface area (Å²) in [6, 6.07) is 7.45. The number of esters is 2. The van der Waals surface area contributed by atoms with Gasteiger partial charge in [-0.3, -0.25) is 0 Å². The molecule has 0 atom stereocenters. The fraction of sp³-hybridized carbons (Fsp3) is 0.188. The Kier molecular flexibility index (Phi) is 6.51. The minimum atomic E-state index is -0.559. The third kappa shape index (κ3) is 4.56. The second-order valence-electron chi connectivity index (χ2n) is 4.83. The molecule has 0 bridgehead atoms. The molecule has 0 aliphatic rings. The second-order valence-corrected chi connectivity index (χ2v) is 7.18. The maximum Gasteiger partial charge on any atom is 0.348 e. The Hall–Kier alpha value is -1.97. The summed E-state index contributed by atoms with van der Waals surface area (Å²) in [4.78, 5) is 24.3. The van der Waals surface area contributed by atoms with Crippen molar-refractivity contribution in [2.24, 2.45) is 0 Å². The van der Waals surface area contributed by atoms with E-state index in [2.05, 4.69) is 26.6 Å². The molecule has 2 rings (SSSR count). The van der Waals surface area contributed by atoms with Gasteiger partial charge in [0.1, 0.15) is 9.88 Å². The van der Waals surface area contributed by atoms with Crippen molar-refractivity contribution >= 4 is 67.2 Å². The quantitative estimate of drug-likeness (QED) is 0.542. The van der Waals surface area contributed by atoms with Crippen LogP contribution in [-0.4, -0.2) is 31.3 Å². The molecular formula is C16H15BrN2O4S2. The van der Waals surface area contributed by atoms with Crippen molar-refractivity contribution in [2.75, 3.05) is 24.9 Å². The SMILES string of the molecule is COC(=O)c1sc(NC(=S)Nc2cccc(Br)c2)c(C(=O)OC)c1C. The van der Waals surface area contributed by atoms with Gasteiger partial charge in [0.2, 0.25) is 0 Å². The van der Waals surface area contributed by atoms with E-state index in [4.69, 9.17) is 21.7 Å². The van der Waals surface area contributed by atoms with Crippen LogP contribution in [0.2, 0.25) is 0 Å². The first kappa shape index (κ1) is 19.4. The number of rotatable bonds is 4. The van der Waals surface area contributed by atoms with Gasteiger partial charge in [-0.2, -0.15) is 0 Å². The first-order valence-electron chi connectivity index (χ1n) is 7.01. The zero-order chi connectivity index (χ0) is 18.6. The Labute approximate surface area is 162 Å². The summed E-state index contributed by atoms with van der Waals surface area (Å²) in [5.74, 6) is -1.08. The largest absolute Gasteiger partial charge is 0.465 e. The van der Waals surface area contributed by atoms with E-state index >= 15 is 0 Å². The van der Waals surface area contributed by atoms with E-state index in [0.29, 0.717) is 15.4 Å². The molecule has 0 saturated carbocycles. The van der Waals surface area contributed by atoms with Gasteiger partial charge >= 0.3 is 11.9 Å². The normalized spacial score (nSPS) is 10.1. The molecule has 0 radical (unpaired) electrons. The number of halogens is 1. The summed E-state index contributed by atoms with van der Waals surface area (Å²) < 4.78 is 10.5. The van der Waals surface area contributed by atoms with Crippen LogP contribution in [0, 0.1) is 6.92 Å². The summed E-state index contributed by atoms with van der Waals surface area (Å²) in [5, 5.41) is 6.66. The van der Waals surface area contributed by atoms with Crippen molar-refractivity contribution in [3.63, 3.8) is 0 Å². The highest BCUT2D eigenvalue weighted by atomic mass is 79.9. The standard InChI is InChI=1S/C16H15BrN2O4S2/c1-8-11(14(20)22-2)13(25-12(8)15(21)23-3)19-16(24)18-10-6-4-5-9(17)7-10/h4-7H,1-3H3,(H2,18,19,24). The van der Waals surface area contributed by atoms with Gasteiger partial charge in [0, 0.05) is 10.2 Å². The summed E-state index contributed by atoms with van der Waals surface area (Å²) in [6.07, 6.45) is 0. The van der Waals surface area contributed by atoms with Crippen LogP contribution in [0.25, 0.3) is 0 Å². The van der Waals surface area contributed by atoms with Crippen LogP contribution in [0.5, 0.6) is 0 Å². The monoisotopic (exact) mass is 442 g/mol. The summed E-state index contributed by atoms with van der Waals surface area (Å²) >= 11 is 9.75. The van der Waals surface area contributed by atoms with Gasteiger partial charge in [-0.25, -0.2) is 9.59 Å². The van der Waals surface area contributed by atoms with Crippen LogP contribution in [0.3, 0.4) is 0 Å². The molecule has 0 saturated heterocycles. The van der Waals surface area contributed by atoms with Crippen molar-refractivity contribution in [3.05, 3.63) is 44.7 Å². The third-order valence-electron chi connectivity index (χ3n) is 3.22. The minimum Gasteiger partial charge on any atom is -0.465 e. The third-order valence-corrected chi connectivity index (χ3v) is 5.10. The Morgan fingerprint density at radius 3 is 2.44 bits per heavy atom. The Morgan fingerprint density at radius 2 is 1.84 bits per heavy atom. The highest BCUT2D eigenvalue weighted by Crippen LogP contribution is 2.34. The number of hydrogen-bond donors (Lipinski definition) is 2. The van der Waals surface area contributed by atoms with E-state index in [1.54, 1.807) is 6.92 Å². The number of benzene rings is 1. The number of thiophene rings is 1. The van der Waals surface area contributed by atoms with Crippen molar-refractivity contribution in [2.45, 2.75) is 6.92 Å². The molecule has 1 aromatic heterocycles. The predicted molar refractivity (Wildman–Crippen MR) is 106 cm³/mol. The molecule has 2 aromatic rings. The number of anilines is 2. The molecule has 1 aromatic carbocycles. The number of thiocarbonyl (C=S) groups is 1. The summed E-state index contributed by atoms with van der Waals surface area (Å²) in [6.45, 7) is 1.66. The molecular weight excluding hydrogens is 428 g/mol. The fourth-order valence-corrected chi connectivity index (χ4v) is 3.87. The van der Waals surface area contributed by atoms with Crippen LogP contribution in [0.15, 0.2) is 28.7 Å². The number of hydrogen-bond acceptors (Lipinski definition) is 6. The Morgan fingerprint density at radius 1 is 1.16 bits per heavy atom. The van der Waals surface area contributed by atoms with Crippen molar-refractivity contribution in [3.8, 4) is 0 Å². The first-order chi connectivity index (χ1) is 11.9. The highest BCUT2D eigenvalue weighted by molar-refractivity contribution is 9.10. The van der Waals surface area contributed by atoms with E-state index in [0.717, 1.165) is 21.5 Å². The molecule has 0 fully saturated rings. The molecule has 132 valence electrons. The molecule has 0 aliphatic carbocycles. The molecule has 25 heavy (non-hydrogen) atoms. The lowest BCUT2D eigenvalue weighted by molar-refractivity contribution is 0.0601. The average Bonchev–Trinajstić information content (AvgIpc) is 2.89. The van der Waals surface area contributed by atoms with E-state index in [1.807, 2.05) is 24.3 Å². The van der Waals surface area contributed by atoms with Crippen molar-refractivity contribution < 1.29 is 19.1 Å². The molecule has 0 unspecified atom stereocenters. The van der Waals surface area contributed by atoms with Crippen molar-refractivity contribution in [1.29, 1.82) is 0 Å². The maximum absolute atomic E-state index is 12.1. The lowest BCUT2D eigenvalue weighted by Crippen LogP contribution is -2.20. The fourth-order valence-electron chi connectivity index (χ4n) is 2.07. The first-order valence-corrected chi connectivity index (χ1v) is 9.02. The Bertz CT molecular complexity index is 836. The number of methoxy groups -OCH3 is 2. The van der Waals surface area contributed by atoms with E-state index in [9.17, 15) is 9.59 Å². The maximum atomic E-state index is 12.1. The topological polar surface area (TPSA) is 76.7 Å². The minimum absolute atomic E-state index is 0.256. The van der Waals surface area contributed by atoms with Crippen LogP contribution in [0.4, 0.5) is 10.7 Å². The van der Waals surface area contributed by atoms with E-state index in [1.165, 1.54) is 14.2 Å². The summed E-state index contributed by atoms with van der Waals surface area (Å²) in [7, 11) is 2.56. The molecule has 1 heterocycles. The molecule has 6 nitrogen and oxygen atoms in total. The zero-order valence-electron chi connectivity index (χ0n) is 13.6. The van der Waals surface area contributed by atoms with Gasteiger partial charge in [-0.15, -0.1) is 11.3 Å². The average molecular weight is 443 g/mol. The zero-order valence-corrected chi connectivity index (χ0v) is 16.9. The van der Waals surface area contributed by atoms with Crippen LogP contribution >= 0.6 is 39.5 Å². The molecule has 0 aliphatic heterocycles. The van der Waals surface area contributed by atoms with Crippen LogP contribution < -0.4 is 10.6 Å². The van der Waals surface area contributed by atoms with Gasteiger partial charge in [-0.1, -0.05) is 22.0 Å². The van der Waals surface area contributed by atoms with Crippen LogP contribution in [-0.2, 0) is 9.47 Å². The highest BCUT2D eigenvalue weighted by Gasteiger charge is 2.26.